The van der Waals surface area contributed by atoms with E-state index in [4.69, 9.17) is 9.47 Å². The standard InChI is InChI=1S/C18H23NO4S/c1-18(2,3)23-15-9-11-16(12-10-15)24(20,21)19-13-14-7-5-6-8-17(14)22-4/h5-12,19H,13H2,1-4H3. The first kappa shape index (κ1) is 18.3. The number of hydrogen-bond acceptors (Lipinski definition) is 4. The Morgan fingerprint density at radius 2 is 1.62 bits per heavy atom. The van der Waals surface area contributed by atoms with Crippen molar-refractivity contribution in [3.05, 3.63) is 54.1 Å². The maximum Gasteiger partial charge on any atom is 0.240 e. The van der Waals surface area contributed by atoms with Gasteiger partial charge in [-0.1, -0.05) is 18.2 Å². The monoisotopic (exact) mass is 349 g/mol. The predicted molar refractivity (Wildman–Crippen MR) is 93.8 cm³/mol. The molecule has 24 heavy (non-hydrogen) atoms. The number of sulfonamides is 1. The minimum Gasteiger partial charge on any atom is -0.496 e. The van der Waals surface area contributed by atoms with Crippen molar-refractivity contribution >= 4 is 10.0 Å². The topological polar surface area (TPSA) is 64.6 Å². The summed E-state index contributed by atoms with van der Waals surface area (Å²) in [5.74, 6) is 1.28. The van der Waals surface area contributed by atoms with Crippen molar-refractivity contribution in [1.82, 2.24) is 4.72 Å². The second-order valence-corrected chi connectivity index (χ2v) is 8.09. The first-order valence-electron chi connectivity index (χ1n) is 7.62. The molecule has 1 N–H and O–H groups in total. The van der Waals surface area contributed by atoms with Gasteiger partial charge in [-0.15, -0.1) is 0 Å². The molecule has 0 unspecified atom stereocenters. The average molecular weight is 349 g/mol. The molecule has 0 spiro atoms. The van der Waals surface area contributed by atoms with E-state index in [9.17, 15) is 8.42 Å². The zero-order valence-corrected chi connectivity index (χ0v) is 15.2. The number of nitrogens with one attached hydrogen (secondary N) is 1. The van der Waals surface area contributed by atoms with Gasteiger partial charge in [-0.2, -0.15) is 0 Å². The lowest BCUT2D eigenvalue weighted by atomic mass is 10.2. The minimum absolute atomic E-state index is 0.159. The molecule has 0 heterocycles. The Balaban J connectivity index is 2.10. The highest BCUT2D eigenvalue weighted by Crippen LogP contribution is 2.21. The fourth-order valence-electron chi connectivity index (χ4n) is 2.15. The van der Waals surface area contributed by atoms with Crippen molar-refractivity contribution in [1.29, 1.82) is 0 Å². The first-order chi connectivity index (χ1) is 11.2. The molecule has 0 fully saturated rings. The molecule has 2 aromatic rings. The summed E-state index contributed by atoms with van der Waals surface area (Å²) in [4.78, 5) is 0.193. The van der Waals surface area contributed by atoms with Gasteiger partial charge in [-0.25, -0.2) is 13.1 Å². The molecular weight excluding hydrogens is 326 g/mol. The van der Waals surface area contributed by atoms with E-state index in [1.54, 1.807) is 25.3 Å². The highest BCUT2D eigenvalue weighted by atomic mass is 32.2. The van der Waals surface area contributed by atoms with E-state index in [1.807, 2.05) is 39.0 Å². The maximum atomic E-state index is 12.4. The van der Waals surface area contributed by atoms with Crippen molar-refractivity contribution in [2.45, 2.75) is 37.8 Å². The number of methoxy groups -OCH3 is 1. The van der Waals surface area contributed by atoms with Crippen LogP contribution in [0.4, 0.5) is 0 Å². The van der Waals surface area contributed by atoms with E-state index < -0.39 is 10.0 Å². The van der Waals surface area contributed by atoms with Gasteiger partial charge in [-0.3, -0.25) is 0 Å². The Kier molecular flexibility index (Phi) is 5.51. The van der Waals surface area contributed by atoms with Crippen LogP contribution in [0.2, 0.25) is 0 Å². The van der Waals surface area contributed by atoms with Gasteiger partial charge < -0.3 is 9.47 Å². The molecule has 0 atom stereocenters. The van der Waals surface area contributed by atoms with Crippen molar-refractivity contribution < 1.29 is 17.9 Å². The normalized spacial score (nSPS) is 12.0. The smallest absolute Gasteiger partial charge is 0.240 e. The van der Waals surface area contributed by atoms with Crippen molar-refractivity contribution in [2.75, 3.05) is 7.11 Å². The summed E-state index contributed by atoms with van der Waals surface area (Å²) < 4.78 is 38.3. The van der Waals surface area contributed by atoms with Crippen molar-refractivity contribution in [2.24, 2.45) is 0 Å². The van der Waals surface area contributed by atoms with E-state index >= 15 is 0 Å². The second kappa shape index (κ2) is 7.23. The molecule has 5 nitrogen and oxygen atoms in total. The Hall–Kier alpha value is -2.05. The van der Waals surface area contributed by atoms with E-state index in [-0.39, 0.29) is 17.0 Å². The fourth-order valence-corrected chi connectivity index (χ4v) is 3.15. The summed E-state index contributed by atoms with van der Waals surface area (Å²) in [6, 6.07) is 13.7. The molecule has 130 valence electrons. The number of benzene rings is 2. The molecule has 2 rings (SSSR count). The summed E-state index contributed by atoms with van der Waals surface area (Å²) in [5.41, 5.74) is 0.443. The molecular formula is C18H23NO4S. The van der Waals surface area contributed by atoms with Crippen LogP contribution in [-0.2, 0) is 16.6 Å². The van der Waals surface area contributed by atoms with E-state index in [0.717, 1.165) is 5.56 Å². The van der Waals surface area contributed by atoms with Gasteiger partial charge in [0.2, 0.25) is 10.0 Å². The van der Waals surface area contributed by atoms with E-state index in [2.05, 4.69) is 4.72 Å². The quantitative estimate of drug-likeness (QED) is 0.868. The van der Waals surface area contributed by atoms with Crippen LogP contribution in [-0.4, -0.2) is 21.1 Å². The number of rotatable bonds is 6. The summed E-state index contributed by atoms with van der Waals surface area (Å²) in [7, 11) is -2.05. The van der Waals surface area contributed by atoms with E-state index in [0.29, 0.717) is 11.5 Å². The summed E-state index contributed by atoms with van der Waals surface area (Å²) in [6.07, 6.45) is 0. The van der Waals surface area contributed by atoms with Crippen molar-refractivity contribution in [3.63, 3.8) is 0 Å². The third-order valence-electron chi connectivity index (χ3n) is 3.20. The molecule has 6 heteroatoms. The average Bonchev–Trinajstić information content (AvgIpc) is 2.52. The van der Waals surface area contributed by atoms with Gasteiger partial charge in [0.15, 0.2) is 0 Å². The maximum absolute atomic E-state index is 12.4. The van der Waals surface area contributed by atoms with Crippen LogP contribution < -0.4 is 14.2 Å². The Labute approximate surface area is 143 Å². The molecule has 0 aliphatic carbocycles. The Morgan fingerprint density at radius 1 is 1.00 bits per heavy atom. The van der Waals surface area contributed by atoms with Crippen LogP contribution in [0.1, 0.15) is 26.3 Å². The van der Waals surface area contributed by atoms with Gasteiger partial charge >= 0.3 is 0 Å². The molecule has 0 aliphatic rings. The minimum atomic E-state index is -3.61. The largest absolute Gasteiger partial charge is 0.496 e. The second-order valence-electron chi connectivity index (χ2n) is 6.32. The van der Waals surface area contributed by atoms with Gasteiger partial charge in [0.05, 0.1) is 12.0 Å². The highest BCUT2D eigenvalue weighted by molar-refractivity contribution is 7.89. The zero-order chi connectivity index (χ0) is 17.8. The zero-order valence-electron chi connectivity index (χ0n) is 14.4. The summed E-state index contributed by atoms with van der Waals surface area (Å²) >= 11 is 0. The molecule has 0 bridgehead atoms. The lowest BCUT2D eigenvalue weighted by Gasteiger charge is -2.21. The predicted octanol–water partition coefficient (Wildman–Crippen LogP) is 3.35. The molecule has 0 saturated heterocycles. The van der Waals surface area contributed by atoms with Crippen LogP contribution in [0.3, 0.4) is 0 Å². The van der Waals surface area contributed by atoms with Crippen LogP contribution in [0, 0.1) is 0 Å². The Morgan fingerprint density at radius 3 is 2.21 bits per heavy atom. The molecule has 2 aromatic carbocycles. The van der Waals surface area contributed by atoms with Gasteiger partial charge in [0, 0.05) is 12.1 Å². The van der Waals surface area contributed by atoms with Gasteiger partial charge in [0.25, 0.3) is 0 Å². The van der Waals surface area contributed by atoms with Crippen LogP contribution in [0.25, 0.3) is 0 Å². The fraction of sp³-hybridized carbons (Fsp3) is 0.333. The van der Waals surface area contributed by atoms with Crippen LogP contribution >= 0.6 is 0 Å². The highest BCUT2D eigenvalue weighted by Gasteiger charge is 2.16. The summed E-state index contributed by atoms with van der Waals surface area (Å²) in [5, 5.41) is 0. The van der Waals surface area contributed by atoms with Crippen LogP contribution in [0.5, 0.6) is 11.5 Å². The number of para-hydroxylation sites is 1. The lowest BCUT2D eigenvalue weighted by Crippen LogP contribution is -2.24. The molecule has 0 aliphatic heterocycles. The SMILES string of the molecule is COc1ccccc1CNS(=O)(=O)c1ccc(OC(C)(C)C)cc1. The van der Waals surface area contributed by atoms with Crippen LogP contribution in [0.15, 0.2) is 53.4 Å². The van der Waals surface area contributed by atoms with Gasteiger partial charge in [-0.05, 0) is 51.1 Å². The third-order valence-corrected chi connectivity index (χ3v) is 4.62. The van der Waals surface area contributed by atoms with Gasteiger partial charge in [0.1, 0.15) is 17.1 Å². The van der Waals surface area contributed by atoms with Crippen molar-refractivity contribution in [3.8, 4) is 11.5 Å². The first-order valence-corrected chi connectivity index (χ1v) is 9.10. The molecule has 0 aromatic heterocycles. The molecule has 0 amide bonds. The molecule has 0 saturated carbocycles. The Bertz CT molecular complexity index is 777. The number of hydrogen-bond donors (Lipinski definition) is 1. The number of ether oxygens (including phenoxy) is 2. The molecule has 0 radical (unpaired) electrons. The third kappa shape index (κ3) is 4.97. The summed E-state index contributed by atoms with van der Waals surface area (Å²) in [6.45, 7) is 5.97. The lowest BCUT2D eigenvalue weighted by molar-refractivity contribution is 0.131. The van der Waals surface area contributed by atoms with E-state index in [1.165, 1.54) is 12.1 Å².